The van der Waals surface area contributed by atoms with Crippen LogP contribution in [0.1, 0.15) is 46.6 Å². The Balaban J connectivity index is 2.74. The summed E-state index contributed by atoms with van der Waals surface area (Å²) in [6.07, 6.45) is -0.275. The van der Waals surface area contributed by atoms with Gasteiger partial charge < -0.3 is 14.6 Å². The average Bonchev–Trinajstić information content (AvgIpc) is 2.24. The molecule has 1 rings (SSSR count). The van der Waals surface area contributed by atoms with E-state index in [0.29, 0.717) is 12.2 Å². The van der Waals surface area contributed by atoms with Gasteiger partial charge in [0.1, 0.15) is 11.4 Å². The first kappa shape index (κ1) is 17.2. The number of ether oxygens (including phenoxy) is 2. The number of hydrogen-bond acceptors (Lipinski definition) is 4. The lowest BCUT2D eigenvalue weighted by Gasteiger charge is -2.24. The third-order valence-electron chi connectivity index (χ3n) is 2.71. The summed E-state index contributed by atoms with van der Waals surface area (Å²) in [5.41, 5.74) is 0.0504. The van der Waals surface area contributed by atoms with E-state index in [2.05, 4.69) is 6.58 Å². The zero-order valence-corrected chi connectivity index (χ0v) is 13.4. The number of rotatable bonds is 4. The van der Waals surface area contributed by atoms with E-state index in [9.17, 15) is 9.90 Å². The van der Waals surface area contributed by atoms with Crippen molar-refractivity contribution in [3.8, 4) is 5.75 Å². The Labute approximate surface area is 126 Å². The van der Waals surface area contributed by atoms with Crippen molar-refractivity contribution in [2.75, 3.05) is 0 Å². The molecule has 0 saturated heterocycles. The van der Waals surface area contributed by atoms with Crippen LogP contribution in [0.2, 0.25) is 0 Å². The van der Waals surface area contributed by atoms with Crippen LogP contribution in [0.3, 0.4) is 0 Å². The number of aliphatic hydroxyl groups is 1. The topological polar surface area (TPSA) is 55.8 Å². The van der Waals surface area contributed by atoms with E-state index in [1.165, 1.54) is 0 Å². The van der Waals surface area contributed by atoms with Crippen molar-refractivity contribution >= 4 is 6.16 Å². The summed E-state index contributed by atoms with van der Waals surface area (Å²) in [7, 11) is 0. The standard InChI is InChI=1S/C17H24O4/c1-12(2)11-17(6,19)13-7-9-14(10-8-13)20-15(18)21-16(3,4)5/h7-10,19H,1,11H2,2-6H3. The van der Waals surface area contributed by atoms with Crippen LogP contribution in [0.4, 0.5) is 4.79 Å². The van der Waals surface area contributed by atoms with Gasteiger partial charge in [-0.05, 0) is 52.3 Å². The largest absolute Gasteiger partial charge is 0.514 e. The highest BCUT2D eigenvalue weighted by molar-refractivity contribution is 5.64. The minimum atomic E-state index is -0.990. The molecule has 1 atom stereocenters. The molecule has 0 aliphatic rings. The van der Waals surface area contributed by atoms with E-state index in [0.717, 1.165) is 11.1 Å². The van der Waals surface area contributed by atoms with Crippen molar-refractivity contribution in [2.45, 2.75) is 52.2 Å². The lowest BCUT2D eigenvalue weighted by molar-refractivity contribution is 0.0206. The number of carbonyl (C=O) groups excluding carboxylic acids is 1. The Morgan fingerprint density at radius 1 is 1.19 bits per heavy atom. The molecule has 0 heterocycles. The Morgan fingerprint density at radius 3 is 2.14 bits per heavy atom. The molecular formula is C17H24O4. The van der Waals surface area contributed by atoms with E-state index in [-0.39, 0.29) is 0 Å². The first-order valence-corrected chi connectivity index (χ1v) is 6.88. The van der Waals surface area contributed by atoms with Crippen molar-refractivity contribution in [1.29, 1.82) is 0 Å². The van der Waals surface area contributed by atoms with E-state index < -0.39 is 17.4 Å². The van der Waals surface area contributed by atoms with Crippen LogP contribution >= 0.6 is 0 Å². The van der Waals surface area contributed by atoms with Gasteiger partial charge in [0.25, 0.3) is 0 Å². The fourth-order valence-corrected chi connectivity index (χ4v) is 1.94. The number of hydrogen-bond donors (Lipinski definition) is 1. The maximum Gasteiger partial charge on any atom is 0.514 e. The van der Waals surface area contributed by atoms with Crippen molar-refractivity contribution in [2.24, 2.45) is 0 Å². The highest BCUT2D eigenvalue weighted by Crippen LogP contribution is 2.28. The second kappa shape index (κ2) is 6.31. The van der Waals surface area contributed by atoms with Gasteiger partial charge in [0, 0.05) is 6.42 Å². The molecule has 1 N–H and O–H groups in total. The molecule has 0 aliphatic carbocycles. The third-order valence-corrected chi connectivity index (χ3v) is 2.71. The molecule has 0 amide bonds. The van der Waals surface area contributed by atoms with Crippen LogP contribution in [0.25, 0.3) is 0 Å². The zero-order chi connectivity index (χ0) is 16.3. The summed E-state index contributed by atoms with van der Waals surface area (Å²) in [5.74, 6) is 0.374. The molecule has 0 aromatic heterocycles. The number of carbonyl (C=O) groups is 1. The average molecular weight is 292 g/mol. The highest BCUT2D eigenvalue weighted by atomic mass is 16.7. The van der Waals surface area contributed by atoms with Crippen LogP contribution in [-0.2, 0) is 10.3 Å². The third kappa shape index (κ3) is 6.00. The molecule has 4 nitrogen and oxygen atoms in total. The van der Waals surface area contributed by atoms with Crippen LogP contribution in [0.5, 0.6) is 5.75 Å². The Kier molecular flexibility index (Phi) is 5.18. The molecular weight excluding hydrogens is 268 g/mol. The van der Waals surface area contributed by atoms with Crippen molar-refractivity contribution in [1.82, 2.24) is 0 Å². The fourth-order valence-electron chi connectivity index (χ4n) is 1.94. The van der Waals surface area contributed by atoms with E-state index in [1.807, 2.05) is 6.92 Å². The predicted octanol–water partition coefficient (Wildman–Crippen LogP) is 4.17. The minimum Gasteiger partial charge on any atom is -0.428 e. The predicted molar refractivity (Wildman–Crippen MR) is 82.3 cm³/mol. The van der Waals surface area contributed by atoms with Crippen LogP contribution in [-0.4, -0.2) is 16.9 Å². The van der Waals surface area contributed by atoms with Gasteiger partial charge in [-0.3, -0.25) is 0 Å². The van der Waals surface area contributed by atoms with Gasteiger partial charge in [0.2, 0.25) is 0 Å². The van der Waals surface area contributed by atoms with Crippen LogP contribution in [0.15, 0.2) is 36.4 Å². The summed E-state index contributed by atoms with van der Waals surface area (Å²) in [5, 5.41) is 10.4. The Morgan fingerprint density at radius 2 is 1.71 bits per heavy atom. The smallest absolute Gasteiger partial charge is 0.428 e. The van der Waals surface area contributed by atoms with Crippen molar-refractivity contribution in [3.05, 3.63) is 42.0 Å². The quantitative estimate of drug-likeness (QED) is 0.514. The van der Waals surface area contributed by atoms with Gasteiger partial charge in [0.15, 0.2) is 0 Å². The SMILES string of the molecule is C=C(C)CC(C)(O)c1ccc(OC(=O)OC(C)(C)C)cc1. The molecule has 1 aromatic carbocycles. The van der Waals surface area contributed by atoms with E-state index >= 15 is 0 Å². The van der Waals surface area contributed by atoms with Crippen LogP contribution < -0.4 is 4.74 Å². The minimum absolute atomic E-state index is 0.374. The molecule has 0 spiro atoms. The van der Waals surface area contributed by atoms with Crippen LogP contribution in [0, 0.1) is 0 Å². The Hall–Kier alpha value is -1.81. The van der Waals surface area contributed by atoms with Gasteiger partial charge in [-0.1, -0.05) is 17.7 Å². The van der Waals surface area contributed by atoms with Gasteiger partial charge in [-0.15, -0.1) is 6.58 Å². The lowest BCUT2D eigenvalue weighted by atomic mass is 9.90. The van der Waals surface area contributed by atoms with Crippen molar-refractivity contribution in [3.63, 3.8) is 0 Å². The number of benzene rings is 1. The van der Waals surface area contributed by atoms with Gasteiger partial charge >= 0.3 is 6.16 Å². The molecule has 21 heavy (non-hydrogen) atoms. The van der Waals surface area contributed by atoms with Gasteiger partial charge in [-0.25, -0.2) is 4.79 Å². The lowest BCUT2D eigenvalue weighted by Crippen LogP contribution is -2.26. The molecule has 0 saturated carbocycles. The normalized spacial score (nSPS) is 14.2. The zero-order valence-electron chi connectivity index (χ0n) is 13.4. The van der Waals surface area contributed by atoms with E-state index in [4.69, 9.17) is 9.47 Å². The Bertz CT molecular complexity index is 507. The molecule has 4 heteroatoms. The summed E-state index contributed by atoms with van der Waals surface area (Å²) < 4.78 is 10.1. The van der Waals surface area contributed by atoms with Gasteiger partial charge in [-0.2, -0.15) is 0 Å². The summed E-state index contributed by atoms with van der Waals surface area (Å²) in [4.78, 5) is 11.5. The molecule has 0 radical (unpaired) electrons. The molecule has 0 fully saturated rings. The highest BCUT2D eigenvalue weighted by Gasteiger charge is 2.23. The molecule has 1 aromatic rings. The summed E-state index contributed by atoms with van der Waals surface area (Å²) >= 11 is 0. The first-order valence-electron chi connectivity index (χ1n) is 6.88. The second-order valence-corrected chi connectivity index (χ2v) is 6.50. The molecule has 1 unspecified atom stereocenters. The summed E-state index contributed by atoms with van der Waals surface area (Å²) in [6.45, 7) is 12.7. The molecule has 0 bridgehead atoms. The maximum absolute atomic E-state index is 11.5. The maximum atomic E-state index is 11.5. The fraction of sp³-hybridized carbons (Fsp3) is 0.471. The second-order valence-electron chi connectivity index (χ2n) is 6.50. The molecule has 116 valence electrons. The van der Waals surface area contributed by atoms with Gasteiger partial charge in [0.05, 0.1) is 5.60 Å². The first-order chi connectivity index (χ1) is 9.49. The van der Waals surface area contributed by atoms with E-state index in [1.54, 1.807) is 52.0 Å². The summed E-state index contributed by atoms with van der Waals surface area (Å²) in [6, 6.07) is 6.71. The molecule has 0 aliphatic heterocycles. The monoisotopic (exact) mass is 292 g/mol. The van der Waals surface area contributed by atoms with Crippen molar-refractivity contribution < 1.29 is 19.4 Å².